The van der Waals surface area contributed by atoms with Gasteiger partial charge in [0, 0.05) is 12.3 Å². The van der Waals surface area contributed by atoms with Gasteiger partial charge in [-0.1, -0.05) is 12.1 Å². The number of carbonyl (C=O) groups excluding carboxylic acids is 1. The fourth-order valence-corrected chi connectivity index (χ4v) is 2.21. The molecule has 0 aliphatic heterocycles. The van der Waals surface area contributed by atoms with Crippen molar-refractivity contribution in [3.8, 4) is 23.1 Å². The van der Waals surface area contributed by atoms with Crippen molar-refractivity contribution in [3.63, 3.8) is 0 Å². The summed E-state index contributed by atoms with van der Waals surface area (Å²) < 4.78 is 16.3. The van der Waals surface area contributed by atoms with Gasteiger partial charge in [-0.25, -0.2) is 9.78 Å². The first-order valence-electron chi connectivity index (χ1n) is 8.20. The third kappa shape index (κ3) is 4.83. The van der Waals surface area contributed by atoms with Crippen molar-refractivity contribution in [2.75, 3.05) is 6.61 Å². The van der Waals surface area contributed by atoms with Crippen molar-refractivity contribution in [1.29, 1.82) is 0 Å². The number of hydrogen-bond acceptors (Lipinski definition) is 5. The number of ether oxygens (including phenoxy) is 3. The number of carbonyl (C=O) groups is 1. The molecule has 0 radical (unpaired) electrons. The van der Waals surface area contributed by atoms with Crippen LogP contribution in [0.4, 0.5) is 0 Å². The minimum atomic E-state index is -0.471. The molecule has 0 saturated heterocycles. The summed E-state index contributed by atoms with van der Waals surface area (Å²) in [5, 5.41) is 0. The van der Waals surface area contributed by atoms with Crippen molar-refractivity contribution in [1.82, 2.24) is 4.98 Å². The van der Waals surface area contributed by atoms with Crippen LogP contribution >= 0.6 is 0 Å². The van der Waals surface area contributed by atoms with E-state index in [-0.39, 0.29) is 6.61 Å². The Balaban J connectivity index is 1.51. The summed E-state index contributed by atoms with van der Waals surface area (Å²) in [6.45, 7) is 3.86. The largest absolute Gasteiger partial charge is 0.482 e. The zero-order valence-electron chi connectivity index (χ0n) is 14.6. The highest BCUT2D eigenvalue weighted by Crippen LogP contribution is 2.22. The second-order valence-electron chi connectivity index (χ2n) is 5.75. The van der Waals surface area contributed by atoms with E-state index in [9.17, 15) is 4.79 Å². The Labute approximate surface area is 152 Å². The predicted octanol–water partition coefficient (Wildman–Crippen LogP) is 4.48. The Hall–Kier alpha value is -3.34. The lowest BCUT2D eigenvalue weighted by Gasteiger charge is -2.09. The molecule has 132 valence electrons. The number of esters is 1. The lowest BCUT2D eigenvalue weighted by molar-refractivity contribution is -0.136. The summed E-state index contributed by atoms with van der Waals surface area (Å²) in [6, 6.07) is 17.8. The van der Waals surface area contributed by atoms with Gasteiger partial charge in [0.2, 0.25) is 5.88 Å². The van der Waals surface area contributed by atoms with E-state index in [1.807, 2.05) is 44.2 Å². The lowest BCUT2D eigenvalue weighted by atomic mass is 10.1. The van der Waals surface area contributed by atoms with E-state index in [4.69, 9.17) is 14.2 Å². The van der Waals surface area contributed by atoms with Gasteiger partial charge in [0.05, 0.1) is 0 Å². The van der Waals surface area contributed by atoms with Crippen LogP contribution in [0.25, 0.3) is 0 Å². The van der Waals surface area contributed by atoms with Crippen LogP contribution in [0.15, 0.2) is 66.9 Å². The third-order valence-electron chi connectivity index (χ3n) is 3.75. The Morgan fingerprint density at radius 1 is 0.885 bits per heavy atom. The predicted molar refractivity (Wildman–Crippen MR) is 97.8 cm³/mol. The molecular formula is C21H19NO4. The molecular weight excluding hydrogens is 330 g/mol. The number of rotatable bonds is 6. The van der Waals surface area contributed by atoms with Crippen molar-refractivity contribution in [2.45, 2.75) is 13.8 Å². The van der Waals surface area contributed by atoms with Gasteiger partial charge in [0.1, 0.15) is 17.2 Å². The number of aromatic nitrogens is 1. The van der Waals surface area contributed by atoms with Gasteiger partial charge in [-0.15, -0.1) is 0 Å². The van der Waals surface area contributed by atoms with Crippen LogP contribution in [0.2, 0.25) is 0 Å². The first kappa shape index (κ1) is 17.5. The normalized spacial score (nSPS) is 10.2. The summed E-state index contributed by atoms with van der Waals surface area (Å²) in [7, 11) is 0. The average Bonchev–Trinajstić information content (AvgIpc) is 2.65. The lowest BCUT2D eigenvalue weighted by Crippen LogP contribution is -2.17. The Kier molecular flexibility index (Phi) is 5.49. The van der Waals surface area contributed by atoms with Crippen LogP contribution in [-0.4, -0.2) is 17.6 Å². The van der Waals surface area contributed by atoms with E-state index in [0.29, 0.717) is 23.1 Å². The highest BCUT2D eigenvalue weighted by Gasteiger charge is 2.07. The molecule has 5 nitrogen and oxygen atoms in total. The average molecular weight is 349 g/mol. The second kappa shape index (κ2) is 8.16. The molecule has 3 aromatic rings. The van der Waals surface area contributed by atoms with Crippen LogP contribution < -0.4 is 14.2 Å². The molecule has 5 heteroatoms. The summed E-state index contributed by atoms with van der Waals surface area (Å²) >= 11 is 0. The molecule has 0 fully saturated rings. The highest BCUT2D eigenvalue weighted by atomic mass is 16.6. The quantitative estimate of drug-likeness (QED) is 0.485. The number of benzene rings is 2. The molecule has 1 aromatic heterocycles. The van der Waals surface area contributed by atoms with Crippen LogP contribution in [0.3, 0.4) is 0 Å². The molecule has 0 spiro atoms. The number of nitrogens with zero attached hydrogens (tertiary/aromatic N) is 1. The maximum atomic E-state index is 11.9. The molecule has 0 aliphatic rings. The minimum absolute atomic E-state index is 0.158. The maximum Gasteiger partial charge on any atom is 0.349 e. The summed E-state index contributed by atoms with van der Waals surface area (Å²) in [5.74, 6) is 1.70. The number of pyridine rings is 1. The van der Waals surface area contributed by atoms with Gasteiger partial charge >= 0.3 is 5.97 Å². The smallest absolute Gasteiger partial charge is 0.349 e. The molecule has 3 rings (SSSR count). The Morgan fingerprint density at radius 2 is 1.62 bits per heavy atom. The van der Waals surface area contributed by atoms with Crippen LogP contribution in [0.5, 0.6) is 23.1 Å². The van der Waals surface area contributed by atoms with E-state index >= 15 is 0 Å². The number of hydrogen-bond donors (Lipinski definition) is 0. The van der Waals surface area contributed by atoms with Crippen LogP contribution in [-0.2, 0) is 4.79 Å². The number of aryl methyl sites for hydroxylation is 2. The molecule has 2 aromatic carbocycles. The molecule has 0 atom stereocenters. The molecule has 0 aliphatic carbocycles. The van der Waals surface area contributed by atoms with E-state index in [0.717, 1.165) is 5.56 Å². The van der Waals surface area contributed by atoms with E-state index in [2.05, 4.69) is 4.98 Å². The van der Waals surface area contributed by atoms with Gasteiger partial charge in [-0.05, 0) is 67.4 Å². The molecule has 0 N–H and O–H groups in total. The zero-order chi connectivity index (χ0) is 18.4. The van der Waals surface area contributed by atoms with Crippen molar-refractivity contribution in [3.05, 3.63) is 78.0 Å². The van der Waals surface area contributed by atoms with Gasteiger partial charge in [-0.3, -0.25) is 0 Å². The molecule has 0 bridgehead atoms. The maximum absolute atomic E-state index is 11.9. The van der Waals surface area contributed by atoms with E-state index in [1.54, 1.807) is 36.5 Å². The van der Waals surface area contributed by atoms with Crippen LogP contribution in [0, 0.1) is 13.8 Å². The van der Waals surface area contributed by atoms with Gasteiger partial charge in [-0.2, -0.15) is 0 Å². The standard InChI is InChI=1S/C21H19NO4/c1-15-6-7-19(13-16(15)2)24-14-21(23)26-18-10-8-17(9-11-18)25-20-5-3-4-12-22-20/h3-13H,14H2,1-2H3. The fourth-order valence-electron chi connectivity index (χ4n) is 2.21. The highest BCUT2D eigenvalue weighted by molar-refractivity contribution is 5.74. The zero-order valence-corrected chi connectivity index (χ0v) is 14.6. The summed E-state index contributed by atoms with van der Waals surface area (Å²) in [6.07, 6.45) is 1.65. The van der Waals surface area contributed by atoms with Gasteiger partial charge in [0.25, 0.3) is 0 Å². The first-order valence-corrected chi connectivity index (χ1v) is 8.20. The van der Waals surface area contributed by atoms with Crippen molar-refractivity contribution in [2.24, 2.45) is 0 Å². The Morgan fingerprint density at radius 3 is 2.31 bits per heavy atom. The van der Waals surface area contributed by atoms with Crippen molar-refractivity contribution < 1.29 is 19.0 Å². The second-order valence-corrected chi connectivity index (χ2v) is 5.75. The monoisotopic (exact) mass is 349 g/mol. The summed E-state index contributed by atoms with van der Waals surface area (Å²) in [4.78, 5) is 16.0. The van der Waals surface area contributed by atoms with Gasteiger partial charge < -0.3 is 14.2 Å². The van der Waals surface area contributed by atoms with Crippen molar-refractivity contribution >= 4 is 5.97 Å². The summed E-state index contributed by atoms with van der Waals surface area (Å²) in [5.41, 5.74) is 2.28. The van der Waals surface area contributed by atoms with E-state index < -0.39 is 5.97 Å². The molecule has 1 heterocycles. The SMILES string of the molecule is Cc1ccc(OCC(=O)Oc2ccc(Oc3ccccn3)cc2)cc1C. The van der Waals surface area contributed by atoms with Crippen LogP contribution in [0.1, 0.15) is 11.1 Å². The molecule has 0 unspecified atom stereocenters. The topological polar surface area (TPSA) is 57.7 Å². The van der Waals surface area contributed by atoms with E-state index in [1.165, 1.54) is 5.56 Å². The molecule has 26 heavy (non-hydrogen) atoms. The fraction of sp³-hybridized carbons (Fsp3) is 0.143. The first-order chi connectivity index (χ1) is 12.6. The van der Waals surface area contributed by atoms with Gasteiger partial charge in [0.15, 0.2) is 6.61 Å². The Bertz CT molecular complexity index is 876. The molecule has 0 saturated carbocycles. The molecule has 0 amide bonds. The third-order valence-corrected chi connectivity index (χ3v) is 3.75. The minimum Gasteiger partial charge on any atom is -0.482 e.